The maximum Gasteiger partial charge on any atom is 0.171 e. The zero-order chi connectivity index (χ0) is 5.98. The fraction of sp³-hybridized carbons (Fsp3) is 0.167. The zero-order valence-electron chi connectivity index (χ0n) is 4.18. The normalized spacial score (nSPS) is 17.5. The van der Waals surface area contributed by atoms with Crippen molar-refractivity contribution in [3.63, 3.8) is 0 Å². The predicted octanol–water partition coefficient (Wildman–Crippen LogP) is 0.240. The van der Waals surface area contributed by atoms with E-state index in [9.17, 15) is 9.59 Å². The van der Waals surface area contributed by atoms with Crippen molar-refractivity contribution in [1.29, 1.82) is 0 Å². The van der Waals surface area contributed by atoms with Crippen LogP contribution in [-0.4, -0.2) is 11.6 Å². The third-order valence-corrected chi connectivity index (χ3v) is 0.837. The number of hydrogen-bond donors (Lipinski definition) is 0. The van der Waals surface area contributed by atoms with E-state index >= 15 is 0 Å². The van der Waals surface area contributed by atoms with Gasteiger partial charge in [-0.2, -0.15) is 0 Å². The summed E-state index contributed by atoms with van der Waals surface area (Å²) in [5, 5.41) is 0. The van der Waals surface area contributed by atoms with E-state index in [2.05, 4.69) is 5.73 Å². The lowest BCUT2D eigenvalue weighted by Gasteiger charge is -1.89. The van der Waals surface area contributed by atoms with Gasteiger partial charge in [0.2, 0.25) is 0 Å². The van der Waals surface area contributed by atoms with Crippen LogP contribution in [0.5, 0.6) is 0 Å². The van der Waals surface area contributed by atoms with Crippen LogP contribution < -0.4 is 0 Å². The monoisotopic (exact) mass is 108 g/mol. The largest absolute Gasteiger partial charge is 0.294 e. The minimum Gasteiger partial charge on any atom is -0.294 e. The maximum atomic E-state index is 10.3. The van der Waals surface area contributed by atoms with Crippen molar-refractivity contribution in [3.8, 4) is 0 Å². The van der Waals surface area contributed by atoms with Gasteiger partial charge in [-0.05, 0) is 0 Å². The quantitative estimate of drug-likeness (QED) is 0.329. The number of carbonyl (C=O) groups is 2. The molecule has 0 aromatic heterocycles. The highest BCUT2D eigenvalue weighted by Gasteiger charge is 2.05. The van der Waals surface area contributed by atoms with E-state index in [0.29, 0.717) is 0 Å². The predicted molar refractivity (Wildman–Crippen MR) is 27.3 cm³/mol. The van der Waals surface area contributed by atoms with Crippen LogP contribution in [0.15, 0.2) is 17.9 Å². The summed E-state index contributed by atoms with van der Waals surface area (Å²) in [7, 11) is 0. The Hall–Kier alpha value is -1.14. The van der Waals surface area contributed by atoms with Crippen LogP contribution in [0.4, 0.5) is 0 Å². The molecule has 0 saturated carbocycles. The van der Waals surface area contributed by atoms with Gasteiger partial charge in [-0.3, -0.25) is 9.59 Å². The Morgan fingerprint density at radius 3 is 2.00 bits per heavy atom. The highest BCUT2D eigenvalue weighted by Crippen LogP contribution is 1.93. The SMILES string of the molecule is O=C1C=C=CC(=O)C1. The first-order valence-electron chi connectivity index (χ1n) is 2.27. The average molecular weight is 108 g/mol. The smallest absolute Gasteiger partial charge is 0.171 e. The summed E-state index contributed by atoms with van der Waals surface area (Å²) in [5.41, 5.74) is 2.44. The standard InChI is InChI=1S/C6H4O2/c7-5-2-1-3-6(8)4-5/h2-3H,4H2. The van der Waals surface area contributed by atoms with Gasteiger partial charge in [0, 0.05) is 12.2 Å². The van der Waals surface area contributed by atoms with Gasteiger partial charge >= 0.3 is 0 Å². The minimum atomic E-state index is -0.155. The molecule has 0 fully saturated rings. The van der Waals surface area contributed by atoms with Crippen LogP contribution >= 0.6 is 0 Å². The Morgan fingerprint density at radius 1 is 1.25 bits per heavy atom. The Kier molecular flexibility index (Phi) is 1.10. The van der Waals surface area contributed by atoms with E-state index in [1.165, 1.54) is 12.2 Å². The van der Waals surface area contributed by atoms with Crippen molar-refractivity contribution in [1.82, 2.24) is 0 Å². The van der Waals surface area contributed by atoms with Crippen LogP contribution in [0.25, 0.3) is 0 Å². The van der Waals surface area contributed by atoms with Gasteiger partial charge in [0.25, 0.3) is 0 Å². The molecule has 0 saturated heterocycles. The Morgan fingerprint density at radius 2 is 1.75 bits per heavy atom. The zero-order valence-corrected chi connectivity index (χ0v) is 4.18. The molecule has 0 radical (unpaired) electrons. The highest BCUT2D eigenvalue weighted by atomic mass is 16.1. The fourth-order valence-corrected chi connectivity index (χ4v) is 0.501. The van der Waals surface area contributed by atoms with Gasteiger partial charge in [0.15, 0.2) is 11.6 Å². The molecular formula is C6H4O2. The van der Waals surface area contributed by atoms with Gasteiger partial charge in [-0.1, -0.05) is 0 Å². The molecule has 8 heavy (non-hydrogen) atoms. The van der Waals surface area contributed by atoms with Gasteiger partial charge in [-0.15, -0.1) is 5.73 Å². The highest BCUT2D eigenvalue weighted by molar-refractivity contribution is 6.10. The summed E-state index contributed by atoms with van der Waals surface area (Å²) in [6, 6.07) is 0. The number of carbonyl (C=O) groups excluding carboxylic acids is 2. The molecule has 0 unspecified atom stereocenters. The number of hydrogen-bond acceptors (Lipinski definition) is 2. The second-order valence-corrected chi connectivity index (χ2v) is 1.56. The minimum absolute atomic E-state index is 0.0208. The summed E-state index contributed by atoms with van der Waals surface area (Å²) >= 11 is 0. The van der Waals surface area contributed by atoms with Crippen molar-refractivity contribution < 1.29 is 9.59 Å². The summed E-state index contributed by atoms with van der Waals surface area (Å²) in [6.07, 6.45) is 2.58. The molecule has 0 aromatic rings. The van der Waals surface area contributed by atoms with Crippen LogP contribution in [0.2, 0.25) is 0 Å². The summed E-state index contributed by atoms with van der Waals surface area (Å²) in [4.78, 5) is 20.6. The lowest BCUT2D eigenvalue weighted by molar-refractivity contribution is -0.122. The molecule has 0 amide bonds. The molecule has 0 spiro atoms. The van der Waals surface area contributed by atoms with Gasteiger partial charge in [-0.25, -0.2) is 0 Å². The second-order valence-electron chi connectivity index (χ2n) is 1.56. The van der Waals surface area contributed by atoms with E-state index in [-0.39, 0.29) is 18.0 Å². The van der Waals surface area contributed by atoms with Crippen molar-refractivity contribution in [3.05, 3.63) is 17.9 Å². The Balaban J connectivity index is 2.92. The third-order valence-electron chi connectivity index (χ3n) is 0.837. The Labute approximate surface area is 46.5 Å². The molecule has 0 atom stereocenters. The molecule has 0 aromatic carbocycles. The molecule has 2 heteroatoms. The van der Waals surface area contributed by atoms with Crippen LogP contribution in [-0.2, 0) is 9.59 Å². The van der Waals surface area contributed by atoms with Crippen molar-refractivity contribution in [2.45, 2.75) is 6.42 Å². The Bertz CT molecular complexity index is 177. The first-order valence-corrected chi connectivity index (χ1v) is 2.27. The maximum absolute atomic E-state index is 10.3. The second kappa shape index (κ2) is 1.76. The van der Waals surface area contributed by atoms with Crippen molar-refractivity contribution in [2.75, 3.05) is 0 Å². The first kappa shape index (κ1) is 5.01. The van der Waals surface area contributed by atoms with Crippen LogP contribution in [0.3, 0.4) is 0 Å². The molecule has 1 rings (SSSR count). The number of rotatable bonds is 0. The van der Waals surface area contributed by atoms with Gasteiger partial charge < -0.3 is 0 Å². The fourth-order valence-electron chi connectivity index (χ4n) is 0.501. The number of allylic oxidation sites excluding steroid dienone is 1. The van der Waals surface area contributed by atoms with Gasteiger partial charge in [0.1, 0.15) is 0 Å². The van der Waals surface area contributed by atoms with E-state index in [4.69, 9.17) is 0 Å². The molecule has 0 aliphatic heterocycles. The molecule has 1 aliphatic carbocycles. The van der Waals surface area contributed by atoms with E-state index in [1.807, 2.05) is 0 Å². The average Bonchev–Trinajstić information content (AvgIpc) is 1.64. The van der Waals surface area contributed by atoms with Gasteiger partial charge in [0.05, 0.1) is 6.42 Å². The third kappa shape index (κ3) is 0.922. The molecule has 0 N–H and O–H groups in total. The molecule has 2 nitrogen and oxygen atoms in total. The van der Waals surface area contributed by atoms with E-state index in [1.54, 1.807) is 0 Å². The molecule has 40 valence electrons. The summed E-state index contributed by atoms with van der Waals surface area (Å²) in [6.45, 7) is 0. The topological polar surface area (TPSA) is 34.1 Å². The first-order chi connectivity index (χ1) is 3.79. The lowest BCUT2D eigenvalue weighted by Crippen LogP contribution is -2.04. The van der Waals surface area contributed by atoms with Crippen LogP contribution in [0, 0.1) is 0 Å². The summed E-state index contributed by atoms with van der Waals surface area (Å²) in [5.74, 6) is -0.310. The van der Waals surface area contributed by atoms with E-state index < -0.39 is 0 Å². The van der Waals surface area contributed by atoms with Crippen molar-refractivity contribution in [2.24, 2.45) is 0 Å². The van der Waals surface area contributed by atoms with Crippen molar-refractivity contribution >= 4 is 11.6 Å². The molecule has 0 bridgehead atoms. The lowest BCUT2D eigenvalue weighted by atomic mass is 10.1. The van der Waals surface area contributed by atoms with E-state index in [0.717, 1.165) is 0 Å². The summed E-state index contributed by atoms with van der Waals surface area (Å²) < 4.78 is 0. The van der Waals surface area contributed by atoms with Crippen LogP contribution in [0.1, 0.15) is 6.42 Å². The number of ketones is 2. The molecular weight excluding hydrogens is 104 g/mol. The molecule has 0 heterocycles. The molecule has 1 aliphatic rings.